The lowest BCUT2D eigenvalue weighted by molar-refractivity contribution is -0.134. The van der Waals surface area contributed by atoms with Crippen molar-refractivity contribution in [1.29, 1.82) is 0 Å². The van der Waals surface area contributed by atoms with Crippen LogP contribution in [0.25, 0.3) is 0 Å². The van der Waals surface area contributed by atoms with E-state index in [0.29, 0.717) is 23.1 Å². The highest BCUT2D eigenvalue weighted by Gasteiger charge is 2.37. The van der Waals surface area contributed by atoms with E-state index in [9.17, 15) is 13.2 Å². The normalized spacial score (nSPS) is 20.0. The van der Waals surface area contributed by atoms with Crippen LogP contribution in [-0.4, -0.2) is 87.3 Å². The van der Waals surface area contributed by atoms with E-state index in [1.165, 1.54) is 4.31 Å². The first-order chi connectivity index (χ1) is 16.3. The maximum atomic E-state index is 13.4. The molecule has 0 aromatic heterocycles. The minimum atomic E-state index is -3.61. The molecule has 184 valence electrons. The molecule has 0 radical (unpaired) electrons. The summed E-state index contributed by atoms with van der Waals surface area (Å²) >= 11 is 12.2. The summed E-state index contributed by atoms with van der Waals surface area (Å²) in [4.78, 5) is 19.7. The van der Waals surface area contributed by atoms with Gasteiger partial charge in [-0.25, -0.2) is 8.42 Å². The second kappa shape index (κ2) is 10.8. The van der Waals surface area contributed by atoms with Crippen molar-refractivity contribution in [3.05, 3.63) is 58.6 Å². The van der Waals surface area contributed by atoms with Gasteiger partial charge in [0, 0.05) is 38.9 Å². The zero-order valence-electron chi connectivity index (χ0n) is 19.2. The van der Waals surface area contributed by atoms with Crippen molar-refractivity contribution in [2.75, 3.05) is 57.8 Å². The van der Waals surface area contributed by atoms with E-state index in [2.05, 4.69) is 4.90 Å². The molecule has 4 rings (SSSR count). The Bertz CT molecular complexity index is 1110. The molecule has 2 aliphatic heterocycles. The van der Waals surface area contributed by atoms with Crippen LogP contribution in [-0.2, 0) is 14.8 Å². The van der Waals surface area contributed by atoms with Gasteiger partial charge in [0.15, 0.2) is 0 Å². The van der Waals surface area contributed by atoms with Crippen molar-refractivity contribution in [2.24, 2.45) is 0 Å². The molecule has 0 unspecified atom stereocenters. The largest absolute Gasteiger partial charge is 0.365 e. The molecule has 2 aromatic rings. The van der Waals surface area contributed by atoms with Crippen LogP contribution in [0, 0.1) is 0 Å². The van der Waals surface area contributed by atoms with E-state index in [-0.39, 0.29) is 36.5 Å². The molecule has 1 atom stereocenters. The van der Waals surface area contributed by atoms with Gasteiger partial charge >= 0.3 is 0 Å². The summed E-state index contributed by atoms with van der Waals surface area (Å²) in [5, 5.41) is 0.900. The monoisotopic (exact) mass is 524 g/mol. The van der Waals surface area contributed by atoms with E-state index in [1.807, 2.05) is 22.9 Å². The smallest absolute Gasteiger partial charge is 0.243 e. The maximum absolute atomic E-state index is 13.4. The van der Waals surface area contributed by atoms with Crippen LogP contribution in [0.1, 0.15) is 12.8 Å². The zero-order valence-corrected chi connectivity index (χ0v) is 21.6. The van der Waals surface area contributed by atoms with Gasteiger partial charge in [-0.3, -0.25) is 4.79 Å². The molecule has 0 aliphatic carbocycles. The Morgan fingerprint density at radius 1 is 1.00 bits per heavy atom. The SMILES string of the molecule is CN(CC(=O)N1CCN(S(=O)(=O)c2ccccc2)C[C@@H]1CN1CCCC1)c1ccc(Cl)c(Cl)c1. The summed E-state index contributed by atoms with van der Waals surface area (Å²) in [5.41, 5.74) is 0.795. The lowest BCUT2D eigenvalue weighted by Gasteiger charge is -2.42. The fourth-order valence-electron chi connectivity index (χ4n) is 4.64. The molecule has 2 aromatic carbocycles. The number of nitrogens with zero attached hydrogens (tertiary/aromatic N) is 4. The molecular formula is C24H30Cl2N4O3S. The predicted molar refractivity (Wildman–Crippen MR) is 136 cm³/mol. The molecule has 2 fully saturated rings. The van der Waals surface area contributed by atoms with E-state index < -0.39 is 10.0 Å². The van der Waals surface area contributed by atoms with Gasteiger partial charge in [0.2, 0.25) is 15.9 Å². The van der Waals surface area contributed by atoms with Gasteiger partial charge in [-0.1, -0.05) is 41.4 Å². The number of hydrogen-bond donors (Lipinski definition) is 0. The minimum Gasteiger partial charge on any atom is -0.365 e. The molecule has 2 saturated heterocycles. The molecule has 2 aliphatic rings. The average Bonchev–Trinajstić information content (AvgIpc) is 3.34. The fourth-order valence-corrected chi connectivity index (χ4v) is 6.42. The van der Waals surface area contributed by atoms with E-state index in [1.54, 1.807) is 42.5 Å². The first kappa shape index (κ1) is 25.3. The molecule has 0 N–H and O–H groups in total. The molecule has 1 amide bonds. The van der Waals surface area contributed by atoms with Gasteiger partial charge in [0.05, 0.1) is 27.5 Å². The van der Waals surface area contributed by atoms with Crippen LogP contribution in [0.5, 0.6) is 0 Å². The minimum absolute atomic E-state index is 0.0328. The van der Waals surface area contributed by atoms with Crippen molar-refractivity contribution >= 4 is 44.8 Å². The van der Waals surface area contributed by atoms with Gasteiger partial charge in [-0.15, -0.1) is 0 Å². The Balaban J connectivity index is 1.50. The fraction of sp³-hybridized carbons (Fsp3) is 0.458. The lowest BCUT2D eigenvalue weighted by atomic mass is 10.1. The number of likely N-dealkylation sites (tertiary alicyclic amines) is 1. The molecule has 0 saturated carbocycles. The topological polar surface area (TPSA) is 64.2 Å². The van der Waals surface area contributed by atoms with Crippen LogP contribution in [0.15, 0.2) is 53.4 Å². The Labute approximate surface area is 211 Å². The number of benzene rings is 2. The Morgan fingerprint density at radius 2 is 1.71 bits per heavy atom. The second-order valence-electron chi connectivity index (χ2n) is 8.88. The van der Waals surface area contributed by atoms with Gasteiger partial charge in [-0.05, 0) is 56.3 Å². The highest BCUT2D eigenvalue weighted by molar-refractivity contribution is 7.89. The first-order valence-corrected chi connectivity index (χ1v) is 13.7. The van der Waals surface area contributed by atoms with Crippen molar-refractivity contribution in [2.45, 2.75) is 23.8 Å². The van der Waals surface area contributed by atoms with Crippen LogP contribution in [0.4, 0.5) is 5.69 Å². The third-order valence-electron chi connectivity index (χ3n) is 6.53. The third kappa shape index (κ3) is 5.69. The van der Waals surface area contributed by atoms with Gasteiger partial charge in [-0.2, -0.15) is 4.31 Å². The summed E-state index contributed by atoms with van der Waals surface area (Å²) in [6, 6.07) is 13.6. The van der Waals surface area contributed by atoms with Crippen molar-refractivity contribution in [1.82, 2.24) is 14.1 Å². The highest BCUT2D eigenvalue weighted by Crippen LogP contribution is 2.27. The molecule has 10 heteroatoms. The van der Waals surface area contributed by atoms with Crippen molar-refractivity contribution < 1.29 is 13.2 Å². The Kier molecular flexibility index (Phi) is 8.05. The standard InChI is InChI=1S/C24H30Cl2N4O3S/c1-27(19-9-10-22(25)23(26)15-19)18-24(31)30-14-13-29(17-20(30)16-28-11-5-6-12-28)34(32,33)21-7-3-2-4-8-21/h2-4,7-10,15,20H,5-6,11-14,16-18H2,1H3/t20-/m0/s1. The Morgan fingerprint density at radius 3 is 2.38 bits per heavy atom. The van der Waals surface area contributed by atoms with Gasteiger partial charge in [0.25, 0.3) is 0 Å². The third-order valence-corrected chi connectivity index (χ3v) is 9.15. The molecular weight excluding hydrogens is 495 g/mol. The van der Waals surface area contributed by atoms with E-state index in [4.69, 9.17) is 23.2 Å². The average molecular weight is 526 g/mol. The number of carbonyl (C=O) groups excluding carboxylic acids is 1. The van der Waals surface area contributed by atoms with Crippen LogP contribution in [0.2, 0.25) is 10.0 Å². The number of amides is 1. The predicted octanol–water partition coefficient (Wildman–Crippen LogP) is 3.43. The second-order valence-corrected chi connectivity index (χ2v) is 11.6. The summed E-state index contributed by atoms with van der Waals surface area (Å²) in [7, 11) is -1.78. The number of sulfonamides is 1. The lowest BCUT2D eigenvalue weighted by Crippen LogP contribution is -2.60. The molecule has 2 heterocycles. The highest BCUT2D eigenvalue weighted by atomic mass is 35.5. The first-order valence-electron chi connectivity index (χ1n) is 11.5. The molecule has 34 heavy (non-hydrogen) atoms. The van der Waals surface area contributed by atoms with Crippen LogP contribution in [0.3, 0.4) is 0 Å². The number of hydrogen-bond acceptors (Lipinski definition) is 5. The Hall–Kier alpha value is -1.84. The molecule has 0 spiro atoms. The quantitative estimate of drug-likeness (QED) is 0.555. The molecule has 7 nitrogen and oxygen atoms in total. The van der Waals surface area contributed by atoms with Gasteiger partial charge in [0.1, 0.15) is 0 Å². The summed E-state index contributed by atoms with van der Waals surface area (Å²) < 4.78 is 28.0. The number of halogens is 2. The number of likely N-dealkylation sites (N-methyl/N-ethyl adjacent to an activating group) is 1. The number of piperazine rings is 1. The summed E-state index contributed by atoms with van der Waals surface area (Å²) in [5.74, 6) is -0.0328. The van der Waals surface area contributed by atoms with Crippen molar-refractivity contribution in [3.8, 4) is 0 Å². The van der Waals surface area contributed by atoms with E-state index >= 15 is 0 Å². The summed E-state index contributed by atoms with van der Waals surface area (Å²) in [6.07, 6.45) is 2.26. The van der Waals surface area contributed by atoms with Crippen LogP contribution < -0.4 is 4.90 Å². The van der Waals surface area contributed by atoms with E-state index in [0.717, 1.165) is 31.6 Å². The van der Waals surface area contributed by atoms with Crippen LogP contribution >= 0.6 is 23.2 Å². The zero-order chi connectivity index (χ0) is 24.3. The summed E-state index contributed by atoms with van der Waals surface area (Å²) in [6.45, 7) is 3.72. The van der Waals surface area contributed by atoms with Gasteiger partial charge < -0.3 is 14.7 Å². The number of anilines is 1. The maximum Gasteiger partial charge on any atom is 0.243 e. The molecule has 0 bridgehead atoms. The number of rotatable bonds is 7. The number of carbonyl (C=O) groups is 1. The van der Waals surface area contributed by atoms with Crippen molar-refractivity contribution in [3.63, 3.8) is 0 Å².